The topological polar surface area (TPSA) is 89.5 Å². The number of nitrogens with zero attached hydrogens (tertiary/aromatic N) is 5. The highest BCUT2D eigenvalue weighted by Gasteiger charge is 2.58. The molecule has 2 aromatic heterocycles. The molecule has 3 atom stereocenters. The van der Waals surface area contributed by atoms with Crippen LogP contribution in [0.4, 0.5) is 11.6 Å². The highest BCUT2D eigenvalue weighted by Crippen LogP contribution is 2.45. The summed E-state index contributed by atoms with van der Waals surface area (Å²) < 4.78 is 8.05. The molecule has 2 saturated heterocycles. The molecule has 0 spiro atoms. The number of nitrogen functional groups attached to an aromatic ring is 1. The van der Waals surface area contributed by atoms with Crippen molar-refractivity contribution in [1.29, 1.82) is 0 Å². The molecule has 3 aromatic rings. The first-order chi connectivity index (χ1) is 15.8. The largest absolute Gasteiger partial charge is 0.369 e. The number of ether oxygens (including phenoxy) is 1. The SMILES string of the molecule is C[C@H]1c2c(Cl)cc(Cl)cc2CCN1C(=O)[C@@]12C[C@@H](CO1)N(c1cncc3nc(N)n(C)c13)C2. The van der Waals surface area contributed by atoms with Crippen molar-refractivity contribution in [1.82, 2.24) is 19.4 Å². The molecule has 1 aromatic carbocycles. The number of carbonyl (C=O) groups is 1. The molecule has 1 amide bonds. The zero-order valence-corrected chi connectivity index (χ0v) is 19.9. The normalized spacial score (nSPS) is 26.3. The van der Waals surface area contributed by atoms with Crippen LogP contribution in [0.5, 0.6) is 0 Å². The molecule has 0 saturated carbocycles. The van der Waals surface area contributed by atoms with Gasteiger partial charge < -0.3 is 24.8 Å². The summed E-state index contributed by atoms with van der Waals surface area (Å²) in [5, 5.41) is 1.22. The number of imidazole rings is 1. The number of amides is 1. The molecule has 3 aliphatic rings. The molecule has 2 fully saturated rings. The number of nitrogens with two attached hydrogens (primary N) is 1. The minimum atomic E-state index is -0.887. The highest BCUT2D eigenvalue weighted by molar-refractivity contribution is 6.35. The van der Waals surface area contributed by atoms with Gasteiger partial charge >= 0.3 is 0 Å². The van der Waals surface area contributed by atoms with Gasteiger partial charge in [-0.1, -0.05) is 23.2 Å². The van der Waals surface area contributed by atoms with Crippen molar-refractivity contribution < 1.29 is 9.53 Å². The molecule has 33 heavy (non-hydrogen) atoms. The minimum Gasteiger partial charge on any atom is -0.369 e. The van der Waals surface area contributed by atoms with E-state index in [1.54, 1.807) is 12.3 Å². The first kappa shape index (κ1) is 21.0. The summed E-state index contributed by atoms with van der Waals surface area (Å²) in [5.41, 5.74) is 9.82. The molecular formula is C23H24Cl2N6O2. The average molecular weight is 487 g/mol. The maximum absolute atomic E-state index is 13.9. The van der Waals surface area contributed by atoms with Crippen molar-refractivity contribution in [3.8, 4) is 0 Å². The molecule has 172 valence electrons. The maximum atomic E-state index is 13.9. The van der Waals surface area contributed by atoms with Gasteiger partial charge in [0, 0.05) is 30.1 Å². The number of aromatic nitrogens is 3. The first-order valence-corrected chi connectivity index (χ1v) is 11.8. The number of carbonyl (C=O) groups excluding carboxylic acids is 1. The van der Waals surface area contributed by atoms with Crippen LogP contribution in [0, 0.1) is 0 Å². The van der Waals surface area contributed by atoms with Crippen molar-refractivity contribution in [3.05, 3.63) is 45.7 Å². The molecule has 0 unspecified atom stereocenters. The Morgan fingerprint density at radius 2 is 2.12 bits per heavy atom. The lowest BCUT2D eigenvalue weighted by Gasteiger charge is -2.41. The Morgan fingerprint density at radius 3 is 2.94 bits per heavy atom. The number of pyridine rings is 1. The van der Waals surface area contributed by atoms with Gasteiger partial charge in [-0.15, -0.1) is 0 Å². The van der Waals surface area contributed by atoms with Gasteiger partial charge in [-0.3, -0.25) is 9.78 Å². The molecule has 0 aliphatic carbocycles. The summed E-state index contributed by atoms with van der Waals surface area (Å²) in [6.07, 6.45) is 4.89. The number of anilines is 2. The summed E-state index contributed by atoms with van der Waals surface area (Å²) in [6.45, 7) is 3.58. The fourth-order valence-electron chi connectivity index (χ4n) is 5.79. The van der Waals surface area contributed by atoms with Crippen LogP contribution in [0.2, 0.25) is 10.0 Å². The van der Waals surface area contributed by atoms with E-state index in [9.17, 15) is 4.79 Å². The number of rotatable bonds is 2. The van der Waals surface area contributed by atoms with E-state index >= 15 is 0 Å². The number of aryl methyl sites for hydroxylation is 1. The van der Waals surface area contributed by atoms with Gasteiger partial charge in [-0.05, 0) is 36.6 Å². The highest BCUT2D eigenvalue weighted by atomic mass is 35.5. The molecule has 8 nitrogen and oxygen atoms in total. The molecular weight excluding hydrogens is 463 g/mol. The molecule has 3 aliphatic heterocycles. The Morgan fingerprint density at radius 1 is 1.30 bits per heavy atom. The Hall–Kier alpha value is -2.55. The molecule has 2 N–H and O–H groups in total. The van der Waals surface area contributed by atoms with Gasteiger partial charge in [-0.2, -0.15) is 0 Å². The number of fused-ring (bicyclic) bond motifs is 4. The van der Waals surface area contributed by atoms with Gasteiger partial charge in [0.05, 0.1) is 48.8 Å². The second-order valence-electron chi connectivity index (χ2n) is 9.23. The monoisotopic (exact) mass is 486 g/mol. The summed E-state index contributed by atoms with van der Waals surface area (Å²) in [7, 11) is 1.89. The number of halogens is 2. The van der Waals surface area contributed by atoms with Crippen molar-refractivity contribution in [2.45, 2.75) is 37.5 Å². The van der Waals surface area contributed by atoms with Crippen molar-refractivity contribution >= 4 is 51.8 Å². The van der Waals surface area contributed by atoms with Crippen molar-refractivity contribution in [2.24, 2.45) is 7.05 Å². The van der Waals surface area contributed by atoms with E-state index in [1.165, 1.54) is 0 Å². The summed E-state index contributed by atoms with van der Waals surface area (Å²) in [6, 6.07) is 3.63. The van der Waals surface area contributed by atoms with Crippen LogP contribution in [0.3, 0.4) is 0 Å². The van der Waals surface area contributed by atoms with Crippen molar-refractivity contribution in [3.63, 3.8) is 0 Å². The lowest BCUT2D eigenvalue weighted by atomic mass is 9.91. The third-order valence-corrected chi connectivity index (χ3v) is 7.96. The smallest absolute Gasteiger partial charge is 0.257 e. The van der Waals surface area contributed by atoms with Gasteiger partial charge in [-0.25, -0.2) is 4.98 Å². The molecule has 10 heteroatoms. The van der Waals surface area contributed by atoms with E-state index in [1.807, 2.05) is 35.7 Å². The van der Waals surface area contributed by atoms with E-state index in [0.717, 1.165) is 27.8 Å². The number of hydrogen-bond donors (Lipinski definition) is 1. The predicted octanol–water partition coefficient (Wildman–Crippen LogP) is 3.35. The van der Waals surface area contributed by atoms with Crippen LogP contribution in [-0.4, -0.2) is 56.7 Å². The van der Waals surface area contributed by atoms with Gasteiger partial charge in [0.15, 0.2) is 5.60 Å². The summed E-state index contributed by atoms with van der Waals surface area (Å²) >= 11 is 12.7. The van der Waals surface area contributed by atoms with Gasteiger partial charge in [0.2, 0.25) is 5.95 Å². The minimum absolute atomic E-state index is 0.0151. The van der Waals surface area contributed by atoms with Crippen LogP contribution < -0.4 is 10.6 Å². The zero-order valence-electron chi connectivity index (χ0n) is 18.4. The lowest BCUT2D eigenvalue weighted by Crippen LogP contribution is -2.55. The Labute approximate surface area is 201 Å². The quantitative estimate of drug-likeness (QED) is 0.597. The molecule has 6 rings (SSSR count). The van der Waals surface area contributed by atoms with E-state index in [-0.39, 0.29) is 18.0 Å². The van der Waals surface area contributed by atoms with E-state index < -0.39 is 5.60 Å². The predicted molar refractivity (Wildman–Crippen MR) is 128 cm³/mol. The van der Waals surface area contributed by atoms with Crippen LogP contribution in [0.25, 0.3) is 11.0 Å². The number of benzene rings is 1. The second kappa shape index (κ2) is 7.22. The fraction of sp³-hybridized carbons (Fsp3) is 0.435. The van der Waals surface area contributed by atoms with Crippen LogP contribution >= 0.6 is 23.2 Å². The molecule has 2 bridgehead atoms. The van der Waals surface area contributed by atoms with Crippen LogP contribution in [0.15, 0.2) is 24.5 Å². The standard InChI is InChI=1S/C23H24Cl2N6O2/c1-12-19-13(5-14(24)6-16(19)25)3-4-30(12)21(32)23-7-15(10-33-23)31(11-23)18-9-27-8-17-20(18)29(2)22(26)28-17/h5-6,8-9,12,15H,3-4,7,10-11H2,1-2H3,(H2,26,28)/t12-,15-,23-/m0/s1. The Balaban J connectivity index is 1.33. The van der Waals surface area contributed by atoms with E-state index in [4.69, 9.17) is 33.7 Å². The Kier molecular flexibility index (Phi) is 4.60. The van der Waals surface area contributed by atoms with Crippen LogP contribution in [0.1, 0.15) is 30.5 Å². The summed E-state index contributed by atoms with van der Waals surface area (Å²) in [4.78, 5) is 26.9. The summed E-state index contributed by atoms with van der Waals surface area (Å²) in [5.74, 6) is 0.449. The van der Waals surface area contributed by atoms with Gasteiger partial charge in [0.25, 0.3) is 5.91 Å². The second-order valence-corrected chi connectivity index (χ2v) is 10.1. The van der Waals surface area contributed by atoms with E-state index in [0.29, 0.717) is 48.5 Å². The van der Waals surface area contributed by atoms with E-state index in [2.05, 4.69) is 14.9 Å². The lowest BCUT2D eigenvalue weighted by molar-refractivity contribution is -0.155. The third-order valence-electron chi connectivity index (χ3n) is 7.42. The maximum Gasteiger partial charge on any atom is 0.257 e. The zero-order chi connectivity index (χ0) is 23.1. The van der Waals surface area contributed by atoms with Crippen molar-refractivity contribution in [2.75, 3.05) is 30.3 Å². The van der Waals surface area contributed by atoms with Crippen LogP contribution in [-0.2, 0) is 23.0 Å². The third kappa shape index (κ3) is 2.97. The Bertz CT molecular complexity index is 1310. The average Bonchev–Trinajstić information content (AvgIpc) is 3.46. The van der Waals surface area contributed by atoms with Gasteiger partial charge in [0.1, 0.15) is 5.52 Å². The molecule has 0 radical (unpaired) electrons. The first-order valence-electron chi connectivity index (χ1n) is 11.0. The number of morpholine rings is 1. The fourth-order valence-corrected chi connectivity index (χ4v) is 6.48. The molecule has 5 heterocycles. The number of hydrogen-bond acceptors (Lipinski definition) is 6.